The third-order valence-electron chi connectivity index (χ3n) is 2.68. The molecule has 0 aromatic heterocycles. The Morgan fingerprint density at radius 2 is 1.40 bits per heavy atom. The summed E-state index contributed by atoms with van der Waals surface area (Å²) < 4.78 is 8.04. The van der Waals surface area contributed by atoms with Gasteiger partial charge >= 0.3 is 11.9 Å². The van der Waals surface area contributed by atoms with Gasteiger partial charge in [-0.2, -0.15) is 0 Å². The van der Waals surface area contributed by atoms with Gasteiger partial charge < -0.3 is 14.8 Å². The lowest BCUT2D eigenvalue weighted by molar-refractivity contribution is -0.162. The summed E-state index contributed by atoms with van der Waals surface area (Å²) in [6, 6.07) is -0.410. The highest BCUT2D eigenvalue weighted by molar-refractivity contribution is 6.76. The molecule has 20 heavy (non-hydrogen) atoms. The summed E-state index contributed by atoms with van der Waals surface area (Å²) in [4.78, 5) is 33.6. The van der Waals surface area contributed by atoms with Crippen LogP contribution in [0.1, 0.15) is 26.7 Å². The third kappa shape index (κ3) is 5.34. The molecular formula is C11H14Cl3NO5. The molecule has 0 bridgehead atoms. The summed E-state index contributed by atoms with van der Waals surface area (Å²) in [7, 11) is 0. The molecule has 0 heterocycles. The van der Waals surface area contributed by atoms with Gasteiger partial charge in [-0.3, -0.25) is 14.4 Å². The van der Waals surface area contributed by atoms with Gasteiger partial charge in [-0.05, 0) is 0 Å². The standard InChI is InChI=1S/C11H14Cl3NO5/c1-5(16)19-8-3-7(4-9(8)20-6(2)17)15-10(18)11(12,13)14/h7-9H,3-4H2,1-2H3,(H,15,18)/t7?,8-,9+. The number of amides is 1. The van der Waals surface area contributed by atoms with E-state index in [-0.39, 0.29) is 12.8 Å². The average Bonchev–Trinajstić information content (AvgIpc) is 2.57. The maximum Gasteiger partial charge on any atom is 0.303 e. The first-order valence-electron chi connectivity index (χ1n) is 5.81. The van der Waals surface area contributed by atoms with E-state index in [1.54, 1.807) is 0 Å². The van der Waals surface area contributed by atoms with Crippen LogP contribution in [0.3, 0.4) is 0 Å². The fraction of sp³-hybridized carbons (Fsp3) is 0.727. The lowest BCUT2D eigenvalue weighted by Gasteiger charge is -2.18. The molecule has 1 saturated carbocycles. The van der Waals surface area contributed by atoms with Crippen LogP contribution in [-0.4, -0.2) is 39.9 Å². The van der Waals surface area contributed by atoms with Crippen LogP contribution in [0.4, 0.5) is 0 Å². The second-order valence-corrected chi connectivity index (χ2v) is 6.72. The number of rotatable bonds is 3. The van der Waals surface area contributed by atoms with Crippen molar-refractivity contribution in [2.24, 2.45) is 0 Å². The van der Waals surface area contributed by atoms with E-state index in [9.17, 15) is 14.4 Å². The Bertz CT molecular complexity index is 385. The second kappa shape index (κ2) is 6.83. The molecular weight excluding hydrogens is 332 g/mol. The summed E-state index contributed by atoms with van der Waals surface area (Å²) in [6.45, 7) is 2.50. The van der Waals surface area contributed by atoms with Gasteiger partial charge in [-0.25, -0.2) is 0 Å². The van der Waals surface area contributed by atoms with Crippen LogP contribution in [-0.2, 0) is 23.9 Å². The number of ether oxygens (including phenoxy) is 2. The van der Waals surface area contributed by atoms with E-state index in [0.29, 0.717) is 0 Å². The molecule has 0 aromatic rings. The quantitative estimate of drug-likeness (QED) is 0.618. The average molecular weight is 347 g/mol. The van der Waals surface area contributed by atoms with Gasteiger partial charge in [0, 0.05) is 32.7 Å². The highest BCUT2D eigenvalue weighted by atomic mass is 35.6. The van der Waals surface area contributed by atoms with E-state index in [0.717, 1.165) is 0 Å². The van der Waals surface area contributed by atoms with Crippen molar-refractivity contribution in [3.63, 3.8) is 0 Å². The zero-order chi connectivity index (χ0) is 15.5. The van der Waals surface area contributed by atoms with Gasteiger partial charge in [-0.1, -0.05) is 34.8 Å². The fourth-order valence-electron chi connectivity index (χ4n) is 2.02. The van der Waals surface area contributed by atoms with Gasteiger partial charge in [0.15, 0.2) is 0 Å². The SMILES string of the molecule is CC(=O)O[C@H]1CC(NC(=O)C(Cl)(Cl)Cl)C[C@H]1OC(C)=O. The minimum Gasteiger partial charge on any atom is -0.459 e. The van der Waals surface area contributed by atoms with Gasteiger partial charge in [0.1, 0.15) is 12.2 Å². The summed E-state index contributed by atoms with van der Waals surface area (Å²) in [5.41, 5.74) is 0. The lowest BCUT2D eigenvalue weighted by atomic mass is 10.2. The summed E-state index contributed by atoms with van der Waals surface area (Å²) in [5.74, 6) is -1.78. The predicted molar refractivity (Wildman–Crippen MR) is 72.6 cm³/mol. The first-order valence-corrected chi connectivity index (χ1v) is 6.95. The normalized spacial score (nSPS) is 25.9. The van der Waals surface area contributed by atoms with Gasteiger partial charge in [-0.15, -0.1) is 0 Å². The van der Waals surface area contributed by atoms with Crippen molar-refractivity contribution in [2.45, 2.75) is 48.7 Å². The molecule has 0 saturated heterocycles. The minimum atomic E-state index is -2.07. The maximum atomic E-state index is 11.6. The molecule has 1 fully saturated rings. The van der Waals surface area contributed by atoms with Crippen molar-refractivity contribution in [1.29, 1.82) is 0 Å². The monoisotopic (exact) mass is 345 g/mol. The topological polar surface area (TPSA) is 81.7 Å². The first kappa shape index (κ1) is 17.3. The van der Waals surface area contributed by atoms with E-state index in [2.05, 4.69) is 5.32 Å². The zero-order valence-electron chi connectivity index (χ0n) is 10.8. The van der Waals surface area contributed by atoms with Crippen LogP contribution < -0.4 is 5.32 Å². The van der Waals surface area contributed by atoms with E-state index in [4.69, 9.17) is 44.3 Å². The molecule has 1 unspecified atom stereocenters. The van der Waals surface area contributed by atoms with E-state index < -0.39 is 39.9 Å². The van der Waals surface area contributed by atoms with Crippen LogP contribution in [0.25, 0.3) is 0 Å². The molecule has 3 atom stereocenters. The molecule has 0 radical (unpaired) electrons. The van der Waals surface area contributed by atoms with Crippen molar-refractivity contribution < 1.29 is 23.9 Å². The number of nitrogens with one attached hydrogen (secondary N) is 1. The lowest BCUT2D eigenvalue weighted by Crippen LogP contribution is -2.40. The molecule has 114 valence electrons. The minimum absolute atomic E-state index is 0.282. The number of halogens is 3. The Morgan fingerprint density at radius 1 is 1.00 bits per heavy atom. The van der Waals surface area contributed by atoms with Gasteiger partial charge in [0.2, 0.25) is 0 Å². The highest BCUT2D eigenvalue weighted by Gasteiger charge is 2.41. The predicted octanol–water partition coefficient (Wildman–Crippen LogP) is 1.50. The smallest absolute Gasteiger partial charge is 0.303 e. The molecule has 0 spiro atoms. The molecule has 9 heteroatoms. The fourth-order valence-corrected chi connectivity index (χ4v) is 2.18. The number of carbonyl (C=O) groups excluding carboxylic acids is 3. The largest absolute Gasteiger partial charge is 0.459 e. The van der Waals surface area contributed by atoms with Crippen LogP contribution in [0.15, 0.2) is 0 Å². The second-order valence-electron chi connectivity index (χ2n) is 4.44. The zero-order valence-corrected chi connectivity index (χ0v) is 13.1. The molecule has 6 nitrogen and oxygen atoms in total. The van der Waals surface area contributed by atoms with Crippen molar-refractivity contribution >= 4 is 52.6 Å². The maximum absolute atomic E-state index is 11.6. The molecule has 1 rings (SSSR count). The number of alkyl halides is 3. The molecule has 1 amide bonds. The van der Waals surface area contributed by atoms with Crippen molar-refractivity contribution in [1.82, 2.24) is 5.32 Å². The molecule has 1 aliphatic carbocycles. The van der Waals surface area contributed by atoms with Crippen molar-refractivity contribution in [2.75, 3.05) is 0 Å². The summed E-state index contributed by atoms with van der Waals surface area (Å²) >= 11 is 16.4. The Hall–Kier alpha value is -0.720. The van der Waals surface area contributed by atoms with Crippen LogP contribution in [0, 0.1) is 0 Å². The summed E-state index contributed by atoms with van der Waals surface area (Å²) in [6.07, 6.45) is -0.692. The van der Waals surface area contributed by atoms with Gasteiger partial charge in [0.05, 0.1) is 0 Å². The van der Waals surface area contributed by atoms with E-state index in [1.807, 2.05) is 0 Å². The Morgan fingerprint density at radius 3 is 1.70 bits per heavy atom. The summed E-state index contributed by atoms with van der Waals surface area (Å²) in [5, 5.41) is 2.51. The van der Waals surface area contributed by atoms with Crippen molar-refractivity contribution in [3.05, 3.63) is 0 Å². The number of esters is 2. The van der Waals surface area contributed by atoms with Crippen LogP contribution in [0.2, 0.25) is 0 Å². The van der Waals surface area contributed by atoms with Crippen molar-refractivity contribution in [3.8, 4) is 0 Å². The molecule has 1 aliphatic rings. The number of hydrogen-bond donors (Lipinski definition) is 1. The van der Waals surface area contributed by atoms with E-state index in [1.165, 1.54) is 13.8 Å². The number of carbonyl (C=O) groups is 3. The molecule has 0 aromatic carbocycles. The van der Waals surface area contributed by atoms with E-state index >= 15 is 0 Å². The number of hydrogen-bond acceptors (Lipinski definition) is 5. The van der Waals surface area contributed by atoms with Crippen LogP contribution >= 0.6 is 34.8 Å². The molecule has 1 N–H and O–H groups in total. The first-order chi connectivity index (χ1) is 9.09. The Balaban J connectivity index is 2.66. The van der Waals surface area contributed by atoms with Gasteiger partial charge in [0.25, 0.3) is 9.70 Å². The molecule has 0 aliphatic heterocycles. The third-order valence-corrected chi connectivity index (χ3v) is 3.19. The highest BCUT2D eigenvalue weighted by Crippen LogP contribution is 2.30. The van der Waals surface area contributed by atoms with Crippen LogP contribution in [0.5, 0.6) is 0 Å². The Kier molecular flexibility index (Phi) is 5.91. The Labute approximate surface area is 131 Å².